The van der Waals surface area contributed by atoms with E-state index in [9.17, 15) is 14.0 Å². The number of piperazine rings is 1. The molecule has 0 bridgehead atoms. The van der Waals surface area contributed by atoms with Gasteiger partial charge in [-0.3, -0.25) is 14.6 Å². The summed E-state index contributed by atoms with van der Waals surface area (Å²) in [7, 11) is 0. The topological polar surface area (TPSA) is 62.7 Å². The molecule has 33 heavy (non-hydrogen) atoms. The average Bonchev–Trinajstić information content (AvgIpc) is 2.84. The molecule has 6 nitrogen and oxygen atoms in total. The minimum Gasteiger partial charge on any atom is -0.488 e. The summed E-state index contributed by atoms with van der Waals surface area (Å²) in [5, 5.41) is 0. The van der Waals surface area contributed by atoms with Crippen LogP contribution in [0.2, 0.25) is 0 Å². The number of benzene rings is 2. The Morgan fingerprint density at radius 3 is 2.03 bits per heavy atom. The van der Waals surface area contributed by atoms with Crippen LogP contribution in [0, 0.1) is 19.7 Å². The lowest BCUT2D eigenvalue weighted by molar-refractivity contribution is 0.0535. The highest BCUT2D eigenvalue weighted by molar-refractivity contribution is 5.96. The highest BCUT2D eigenvalue weighted by atomic mass is 19.1. The number of hydrogen-bond acceptors (Lipinski definition) is 4. The predicted molar refractivity (Wildman–Crippen MR) is 123 cm³/mol. The van der Waals surface area contributed by atoms with E-state index >= 15 is 0 Å². The predicted octanol–water partition coefficient (Wildman–Crippen LogP) is 4.01. The van der Waals surface area contributed by atoms with Gasteiger partial charge < -0.3 is 14.5 Å². The van der Waals surface area contributed by atoms with Crippen LogP contribution < -0.4 is 4.74 Å². The Morgan fingerprint density at radius 2 is 1.48 bits per heavy atom. The van der Waals surface area contributed by atoms with E-state index in [1.54, 1.807) is 22.2 Å². The third kappa shape index (κ3) is 5.19. The summed E-state index contributed by atoms with van der Waals surface area (Å²) in [6, 6.07) is 13.1. The molecule has 1 saturated heterocycles. The van der Waals surface area contributed by atoms with Gasteiger partial charge in [-0.15, -0.1) is 0 Å². The summed E-state index contributed by atoms with van der Waals surface area (Å²) >= 11 is 0. The van der Waals surface area contributed by atoms with Crippen molar-refractivity contribution in [3.05, 3.63) is 94.6 Å². The molecule has 2 heterocycles. The molecule has 170 valence electrons. The van der Waals surface area contributed by atoms with Crippen LogP contribution in [0.25, 0.3) is 0 Å². The van der Waals surface area contributed by atoms with Crippen LogP contribution in [0.15, 0.2) is 60.9 Å². The fourth-order valence-electron chi connectivity index (χ4n) is 4.01. The van der Waals surface area contributed by atoms with E-state index in [-0.39, 0.29) is 17.6 Å². The molecule has 4 rings (SSSR count). The minimum atomic E-state index is -0.374. The van der Waals surface area contributed by atoms with E-state index < -0.39 is 0 Å². The average molecular weight is 448 g/mol. The van der Waals surface area contributed by atoms with Gasteiger partial charge >= 0.3 is 0 Å². The summed E-state index contributed by atoms with van der Waals surface area (Å²) in [6.45, 7) is 6.04. The molecular formula is C26H26FN3O3. The van der Waals surface area contributed by atoms with Gasteiger partial charge in [-0.25, -0.2) is 4.39 Å². The lowest BCUT2D eigenvalue weighted by Crippen LogP contribution is -2.50. The Balaban J connectivity index is 1.38. The molecule has 3 aromatic rings. The molecular weight excluding hydrogens is 421 g/mol. The van der Waals surface area contributed by atoms with E-state index in [0.29, 0.717) is 43.9 Å². The first kappa shape index (κ1) is 22.5. The smallest absolute Gasteiger partial charge is 0.253 e. The van der Waals surface area contributed by atoms with Crippen LogP contribution in [0.5, 0.6) is 5.75 Å². The zero-order valence-electron chi connectivity index (χ0n) is 18.8. The molecule has 0 unspecified atom stereocenters. The number of amides is 2. The minimum absolute atomic E-state index is 0.0612. The number of aryl methyl sites for hydroxylation is 2. The first-order chi connectivity index (χ1) is 15.9. The number of carbonyl (C=O) groups excluding carboxylic acids is 2. The Kier molecular flexibility index (Phi) is 6.68. The van der Waals surface area contributed by atoms with E-state index in [1.165, 1.54) is 24.3 Å². The highest BCUT2D eigenvalue weighted by Gasteiger charge is 2.26. The molecule has 0 N–H and O–H groups in total. The molecule has 1 aliphatic heterocycles. The quantitative estimate of drug-likeness (QED) is 0.593. The molecule has 2 aromatic carbocycles. The second-order valence-corrected chi connectivity index (χ2v) is 8.18. The fourth-order valence-corrected chi connectivity index (χ4v) is 4.01. The van der Waals surface area contributed by atoms with E-state index in [1.807, 2.05) is 38.1 Å². The molecule has 0 radical (unpaired) electrons. The van der Waals surface area contributed by atoms with E-state index in [4.69, 9.17) is 4.74 Å². The third-order valence-corrected chi connectivity index (χ3v) is 5.76. The Morgan fingerprint density at radius 1 is 0.909 bits per heavy atom. The number of ether oxygens (including phenoxy) is 1. The number of aromatic nitrogens is 1. The highest BCUT2D eigenvalue weighted by Crippen LogP contribution is 2.26. The van der Waals surface area contributed by atoms with Crippen molar-refractivity contribution in [2.75, 3.05) is 26.2 Å². The second-order valence-electron chi connectivity index (χ2n) is 8.18. The van der Waals surface area contributed by atoms with Crippen molar-refractivity contribution in [2.45, 2.75) is 20.5 Å². The normalized spacial score (nSPS) is 13.7. The summed E-state index contributed by atoms with van der Waals surface area (Å²) < 4.78 is 19.1. The maximum atomic E-state index is 13.1. The van der Waals surface area contributed by atoms with Crippen molar-refractivity contribution >= 4 is 11.8 Å². The number of rotatable bonds is 5. The molecule has 0 atom stereocenters. The Labute approximate surface area is 192 Å². The lowest BCUT2D eigenvalue weighted by atomic mass is 10.0. The van der Waals surface area contributed by atoms with Gasteiger partial charge in [0.1, 0.15) is 18.2 Å². The first-order valence-electron chi connectivity index (χ1n) is 10.9. The van der Waals surface area contributed by atoms with E-state index in [0.717, 1.165) is 22.4 Å². The van der Waals surface area contributed by atoms with Crippen LogP contribution in [-0.2, 0) is 6.61 Å². The molecule has 0 aliphatic carbocycles. The van der Waals surface area contributed by atoms with Crippen molar-refractivity contribution in [3.8, 4) is 5.75 Å². The van der Waals surface area contributed by atoms with Gasteiger partial charge in [0.05, 0.1) is 0 Å². The largest absolute Gasteiger partial charge is 0.488 e. The molecule has 7 heteroatoms. The number of hydrogen-bond donors (Lipinski definition) is 0. The third-order valence-electron chi connectivity index (χ3n) is 5.76. The van der Waals surface area contributed by atoms with Crippen LogP contribution in [0.4, 0.5) is 4.39 Å². The second kappa shape index (κ2) is 9.81. The van der Waals surface area contributed by atoms with Crippen molar-refractivity contribution in [1.82, 2.24) is 14.8 Å². The number of halogens is 1. The van der Waals surface area contributed by atoms with E-state index in [2.05, 4.69) is 4.98 Å². The molecule has 0 saturated carbocycles. The molecule has 0 spiro atoms. The molecule has 1 aromatic heterocycles. The SMILES string of the molecule is Cc1cc(C(=O)N2CCN(C(=O)c3ccc(F)cc3)CC2)cc(C)c1OCc1cccnc1. The maximum absolute atomic E-state index is 13.1. The fraction of sp³-hybridized carbons (Fsp3) is 0.269. The number of nitrogens with zero attached hydrogens (tertiary/aromatic N) is 3. The van der Waals surface area contributed by atoms with Crippen molar-refractivity contribution in [2.24, 2.45) is 0 Å². The summed E-state index contributed by atoms with van der Waals surface area (Å²) in [4.78, 5) is 33.3. The molecule has 1 aliphatic rings. The van der Waals surface area contributed by atoms with Gasteiger partial charge in [0.25, 0.3) is 11.8 Å². The first-order valence-corrected chi connectivity index (χ1v) is 10.9. The summed E-state index contributed by atoms with van der Waals surface area (Å²) in [6.07, 6.45) is 3.49. The van der Waals surface area contributed by atoms with Gasteiger partial charge in [0.15, 0.2) is 0 Å². The van der Waals surface area contributed by atoms with Gasteiger partial charge in [-0.2, -0.15) is 0 Å². The monoisotopic (exact) mass is 447 g/mol. The van der Waals surface area contributed by atoms with Crippen molar-refractivity contribution < 1.29 is 18.7 Å². The summed E-state index contributed by atoms with van der Waals surface area (Å²) in [5.41, 5.74) is 3.82. The molecule has 1 fully saturated rings. The Bertz CT molecular complexity index is 1120. The maximum Gasteiger partial charge on any atom is 0.253 e. The van der Waals surface area contributed by atoms with Crippen LogP contribution >= 0.6 is 0 Å². The van der Waals surface area contributed by atoms with Crippen LogP contribution in [-0.4, -0.2) is 52.8 Å². The lowest BCUT2D eigenvalue weighted by Gasteiger charge is -2.35. The van der Waals surface area contributed by atoms with Crippen LogP contribution in [0.1, 0.15) is 37.4 Å². The van der Waals surface area contributed by atoms with Gasteiger partial charge in [-0.1, -0.05) is 6.07 Å². The number of pyridine rings is 1. The number of carbonyl (C=O) groups is 2. The Hall–Kier alpha value is -3.74. The zero-order chi connectivity index (χ0) is 23.4. The van der Waals surface area contributed by atoms with Gasteiger partial charge in [-0.05, 0) is 67.4 Å². The summed E-state index contributed by atoms with van der Waals surface area (Å²) in [5.74, 6) is 0.184. The standard InChI is InChI=1S/C26H26FN3O3/c1-18-14-22(15-19(2)24(18)33-17-20-4-3-9-28-16-20)26(32)30-12-10-29(11-13-30)25(31)21-5-7-23(27)8-6-21/h3-9,14-16H,10-13,17H2,1-2H3. The van der Waals surface area contributed by atoms with Crippen molar-refractivity contribution in [3.63, 3.8) is 0 Å². The van der Waals surface area contributed by atoms with Gasteiger partial charge in [0, 0.05) is 55.3 Å². The van der Waals surface area contributed by atoms with Crippen molar-refractivity contribution in [1.29, 1.82) is 0 Å². The van der Waals surface area contributed by atoms with Crippen LogP contribution in [0.3, 0.4) is 0 Å². The zero-order valence-corrected chi connectivity index (χ0v) is 18.8. The van der Waals surface area contributed by atoms with Gasteiger partial charge in [0.2, 0.25) is 0 Å². The molecule has 2 amide bonds.